The van der Waals surface area contributed by atoms with Crippen molar-refractivity contribution < 1.29 is 9.59 Å². The van der Waals surface area contributed by atoms with E-state index in [1.807, 2.05) is 17.5 Å². The van der Waals surface area contributed by atoms with Gasteiger partial charge in [-0.2, -0.15) is 0 Å². The molecule has 0 aliphatic carbocycles. The van der Waals surface area contributed by atoms with Crippen LogP contribution < -0.4 is 10.6 Å². The lowest BCUT2D eigenvalue weighted by molar-refractivity contribution is -0.125. The van der Waals surface area contributed by atoms with Crippen LogP contribution in [0.1, 0.15) is 31.1 Å². The van der Waals surface area contributed by atoms with E-state index in [2.05, 4.69) is 17.6 Å². The summed E-state index contributed by atoms with van der Waals surface area (Å²) in [5.74, 6) is -0.230. The van der Waals surface area contributed by atoms with E-state index in [0.717, 1.165) is 24.1 Å². The fraction of sp³-hybridized carbons (Fsp3) is 0.538. The van der Waals surface area contributed by atoms with Crippen molar-refractivity contribution in [2.45, 2.75) is 32.6 Å². The van der Waals surface area contributed by atoms with Crippen molar-refractivity contribution in [1.29, 1.82) is 0 Å². The number of carbonyl (C=O) groups is 2. The lowest BCUT2D eigenvalue weighted by Crippen LogP contribution is -2.37. The molecule has 0 aliphatic rings. The van der Waals surface area contributed by atoms with Crippen LogP contribution in [0.25, 0.3) is 0 Å². The van der Waals surface area contributed by atoms with Gasteiger partial charge < -0.3 is 10.6 Å². The van der Waals surface area contributed by atoms with Crippen molar-refractivity contribution in [3.05, 3.63) is 22.4 Å². The van der Waals surface area contributed by atoms with E-state index >= 15 is 0 Å². The SMILES string of the molecule is CCCCCNC(=O)CNC(=O)Cc1cccs1. The van der Waals surface area contributed by atoms with Gasteiger partial charge in [-0.1, -0.05) is 25.8 Å². The highest BCUT2D eigenvalue weighted by Gasteiger charge is 2.06. The molecule has 1 heterocycles. The molecule has 0 saturated carbocycles. The van der Waals surface area contributed by atoms with Crippen molar-refractivity contribution in [3.8, 4) is 0 Å². The maximum atomic E-state index is 11.5. The Morgan fingerprint density at radius 1 is 1.22 bits per heavy atom. The van der Waals surface area contributed by atoms with Gasteiger partial charge in [-0.25, -0.2) is 0 Å². The summed E-state index contributed by atoms with van der Waals surface area (Å²) in [6, 6.07) is 3.82. The number of unbranched alkanes of at least 4 members (excludes halogenated alkanes) is 2. The molecule has 1 aromatic rings. The average molecular weight is 268 g/mol. The molecule has 4 nitrogen and oxygen atoms in total. The van der Waals surface area contributed by atoms with Crippen molar-refractivity contribution >= 4 is 23.2 Å². The smallest absolute Gasteiger partial charge is 0.239 e. The quantitative estimate of drug-likeness (QED) is 0.705. The molecule has 18 heavy (non-hydrogen) atoms. The van der Waals surface area contributed by atoms with Crippen molar-refractivity contribution in [3.63, 3.8) is 0 Å². The lowest BCUT2D eigenvalue weighted by Gasteiger charge is -2.06. The van der Waals surface area contributed by atoms with Gasteiger partial charge in [0.05, 0.1) is 13.0 Å². The van der Waals surface area contributed by atoms with Gasteiger partial charge in [-0.3, -0.25) is 9.59 Å². The van der Waals surface area contributed by atoms with Crippen LogP contribution in [0.15, 0.2) is 17.5 Å². The Morgan fingerprint density at radius 2 is 2.06 bits per heavy atom. The Bertz CT molecular complexity index is 363. The zero-order valence-electron chi connectivity index (χ0n) is 10.7. The van der Waals surface area contributed by atoms with E-state index in [0.29, 0.717) is 13.0 Å². The third-order valence-electron chi connectivity index (χ3n) is 2.46. The molecule has 0 saturated heterocycles. The van der Waals surface area contributed by atoms with E-state index in [9.17, 15) is 9.59 Å². The van der Waals surface area contributed by atoms with E-state index in [1.54, 1.807) is 11.3 Å². The van der Waals surface area contributed by atoms with Crippen LogP contribution in [0.3, 0.4) is 0 Å². The first-order chi connectivity index (χ1) is 8.72. The van der Waals surface area contributed by atoms with Gasteiger partial charge >= 0.3 is 0 Å². The largest absolute Gasteiger partial charge is 0.355 e. The Morgan fingerprint density at radius 3 is 2.72 bits per heavy atom. The first kappa shape index (κ1) is 14.7. The molecule has 2 amide bonds. The molecule has 100 valence electrons. The molecular formula is C13H20N2O2S. The highest BCUT2D eigenvalue weighted by molar-refractivity contribution is 7.10. The average Bonchev–Trinajstić information content (AvgIpc) is 2.85. The van der Waals surface area contributed by atoms with Gasteiger partial charge in [-0.15, -0.1) is 11.3 Å². The summed E-state index contributed by atoms with van der Waals surface area (Å²) < 4.78 is 0. The Labute approximate surface area is 112 Å². The molecule has 0 fully saturated rings. The van der Waals surface area contributed by atoms with Crippen LogP contribution in [-0.2, 0) is 16.0 Å². The molecule has 5 heteroatoms. The molecule has 0 aliphatic heterocycles. The second-order valence-electron chi connectivity index (χ2n) is 4.09. The molecule has 0 aromatic carbocycles. The standard InChI is InChI=1S/C13H20N2O2S/c1-2-3-4-7-14-13(17)10-15-12(16)9-11-6-5-8-18-11/h5-6,8H,2-4,7,9-10H2,1H3,(H,14,17)(H,15,16). The second-order valence-corrected chi connectivity index (χ2v) is 5.12. The first-order valence-corrected chi connectivity index (χ1v) is 7.16. The van der Waals surface area contributed by atoms with Crippen LogP contribution in [0.2, 0.25) is 0 Å². The predicted molar refractivity (Wildman–Crippen MR) is 73.6 cm³/mol. The van der Waals surface area contributed by atoms with Crippen LogP contribution in [0, 0.1) is 0 Å². The molecular weight excluding hydrogens is 248 g/mol. The Kier molecular flexibility index (Phi) is 7.10. The summed E-state index contributed by atoms with van der Waals surface area (Å²) in [4.78, 5) is 23.9. The third-order valence-corrected chi connectivity index (χ3v) is 3.34. The second kappa shape index (κ2) is 8.69. The van der Waals surface area contributed by atoms with E-state index in [4.69, 9.17) is 0 Å². The molecule has 0 radical (unpaired) electrons. The molecule has 0 unspecified atom stereocenters. The maximum Gasteiger partial charge on any atom is 0.239 e. The van der Waals surface area contributed by atoms with E-state index in [1.165, 1.54) is 0 Å². The minimum atomic E-state index is -0.120. The minimum Gasteiger partial charge on any atom is -0.355 e. The van der Waals surface area contributed by atoms with Gasteiger partial charge in [0, 0.05) is 11.4 Å². The Hall–Kier alpha value is -1.36. The van der Waals surface area contributed by atoms with E-state index < -0.39 is 0 Å². The van der Waals surface area contributed by atoms with Crippen molar-refractivity contribution in [2.75, 3.05) is 13.1 Å². The maximum absolute atomic E-state index is 11.5. The number of nitrogens with one attached hydrogen (secondary N) is 2. The molecule has 1 rings (SSSR count). The topological polar surface area (TPSA) is 58.2 Å². The Balaban J connectivity index is 2.08. The van der Waals surface area contributed by atoms with Crippen LogP contribution in [0.5, 0.6) is 0 Å². The summed E-state index contributed by atoms with van der Waals surface area (Å²) in [7, 11) is 0. The highest BCUT2D eigenvalue weighted by Crippen LogP contribution is 2.08. The van der Waals surface area contributed by atoms with Gasteiger partial charge in [0.2, 0.25) is 11.8 Å². The number of hydrogen-bond acceptors (Lipinski definition) is 3. The zero-order valence-corrected chi connectivity index (χ0v) is 11.5. The summed E-state index contributed by atoms with van der Waals surface area (Å²) in [6.45, 7) is 2.87. The first-order valence-electron chi connectivity index (χ1n) is 6.28. The number of carbonyl (C=O) groups excluding carboxylic acids is 2. The molecule has 0 spiro atoms. The third kappa shape index (κ3) is 6.39. The molecule has 2 N–H and O–H groups in total. The molecule has 0 atom stereocenters. The predicted octanol–water partition coefficient (Wildman–Crippen LogP) is 1.71. The summed E-state index contributed by atoms with van der Waals surface area (Å²) in [5.41, 5.74) is 0. The summed E-state index contributed by atoms with van der Waals surface area (Å²) in [5, 5.41) is 7.33. The number of rotatable bonds is 8. The minimum absolute atomic E-state index is 0.0658. The summed E-state index contributed by atoms with van der Waals surface area (Å²) >= 11 is 1.54. The number of amides is 2. The fourth-order valence-corrected chi connectivity index (χ4v) is 2.18. The molecule has 0 bridgehead atoms. The van der Waals surface area contributed by atoms with Crippen molar-refractivity contribution in [2.24, 2.45) is 0 Å². The normalized spacial score (nSPS) is 10.1. The van der Waals surface area contributed by atoms with Crippen molar-refractivity contribution in [1.82, 2.24) is 10.6 Å². The molecule has 1 aromatic heterocycles. The van der Waals surface area contributed by atoms with Gasteiger partial charge in [0.25, 0.3) is 0 Å². The monoisotopic (exact) mass is 268 g/mol. The van der Waals surface area contributed by atoms with Crippen LogP contribution in [0.4, 0.5) is 0 Å². The van der Waals surface area contributed by atoms with Gasteiger partial charge in [-0.05, 0) is 17.9 Å². The number of thiophene rings is 1. The van der Waals surface area contributed by atoms with Gasteiger partial charge in [0.1, 0.15) is 0 Å². The fourth-order valence-electron chi connectivity index (χ4n) is 1.48. The lowest BCUT2D eigenvalue weighted by atomic mass is 10.2. The summed E-state index contributed by atoms with van der Waals surface area (Å²) in [6.07, 6.45) is 3.59. The number of hydrogen-bond donors (Lipinski definition) is 2. The van der Waals surface area contributed by atoms with E-state index in [-0.39, 0.29) is 18.4 Å². The van der Waals surface area contributed by atoms with Crippen LogP contribution in [-0.4, -0.2) is 24.9 Å². The highest BCUT2D eigenvalue weighted by atomic mass is 32.1. The zero-order chi connectivity index (χ0) is 13.2. The van der Waals surface area contributed by atoms with Gasteiger partial charge in [0.15, 0.2) is 0 Å². The van der Waals surface area contributed by atoms with Crippen LogP contribution >= 0.6 is 11.3 Å².